The van der Waals surface area contributed by atoms with Crippen LogP contribution in [0.5, 0.6) is 11.5 Å². The molecule has 0 atom stereocenters. The maximum absolute atomic E-state index is 12.4. The smallest absolute Gasteiger partial charge is 0.259 e. The molecular formula is C16H17NO5S. The first kappa shape index (κ1) is 16.8. The molecule has 7 heteroatoms. The normalized spacial score (nSPS) is 10.9. The van der Waals surface area contributed by atoms with Crippen LogP contribution in [0.25, 0.3) is 0 Å². The standard InChI is InChI=1S/C16H17NO5S/c1-21-14-9-5-8-13(15(14)22-2)16(18)17-11-6-4-7-12(10-11)23(3,19)20/h4-10H,1-3H3,(H,17,18). The minimum absolute atomic E-state index is 0.132. The third-order valence-electron chi connectivity index (χ3n) is 3.17. The Balaban J connectivity index is 2.34. The topological polar surface area (TPSA) is 81.7 Å². The van der Waals surface area contributed by atoms with Gasteiger partial charge in [0.2, 0.25) is 0 Å². The van der Waals surface area contributed by atoms with E-state index in [0.29, 0.717) is 17.2 Å². The highest BCUT2D eigenvalue weighted by atomic mass is 32.2. The Labute approximate surface area is 135 Å². The fourth-order valence-corrected chi connectivity index (χ4v) is 2.74. The molecule has 0 aliphatic rings. The number of amides is 1. The highest BCUT2D eigenvalue weighted by molar-refractivity contribution is 7.90. The summed E-state index contributed by atoms with van der Waals surface area (Å²) >= 11 is 0. The van der Waals surface area contributed by atoms with Crippen molar-refractivity contribution in [1.82, 2.24) is 0 Å². The van der Waals surface area contributed by atoms with Crippen molar-refractivity contribution in [2.45, 2.75) is 4.90 Å². The maximum atomic E-state index is 12.4. The van der Waals surface area contributed by atoms with Crippen LogP contribution in [0.1, 0.15) is 10.4 Å². The van der Waals surface area contributed by atoms with Crippen LogP contribution in [-0.2, 0) is 9.84 Å². The molecule has 6 nitrogen and oxygen atoms in total. The number of para-hydroxylation sites is 1. The molecule has 122 valence electrons. The molecule has 0 spiro atoms. The Morgan fingerprint density at radius 2 is 1.74 bits per heavy atom. The lowest BCUT2D eigenvalue weighted by atomic mass is 10.1. The summed E-state index contributed by atoms with van der Waals surface area (Å²) in [7, 11) is -0.421. The number of carbonyl (C=O) groups is 1. The van der Waals surface area contributed by atoms with Crippen molar-refractivity contribution >= 4 is 21.4 Å². The van der Waals surface area contributed by atoms with Gasteiger partial charge in [0.1, 0.15) is 0 Å². The number of methoxy groups -OCH3 is 2. The zero-order valence-corrected chi connectivity index (χ0v) is 13.8. The van der Waals surface area contributed by atoms with E-state index in [-0.39, 0.29) is 10.5 Å². The van der Waals surface area contributed by atoms with E-state index in [0.717, 1.165) is 6.26 Å². The average molecular weight is 335 g/mol. The molecule has 0 unspecified atom stereocenters. The number of hydrogen-bond acceptors (Lipinski definition) is 5. The number of carbonyl (C=O) groups excluding carboxylic acids is 1. The first-order valence-electron chi connectivity index (χ1n) is 6.69. The van der Waals surface area contributed by atoms with Crippen LogP contribution in [0.3, 0.4) is 0 Å². The quantitative estimate of drug-likeness (QED) is 0.907. The molecule has 2 rings (SSSR count). The number of hydrogen-bond donors (Lipinski definition) is 1. The van der Waals surface area contributed by atoms with E-state index in [9.17, 15) is 13.2 Å². The Bertz CT molecular complexity index is 830. The fraction of sp³-hybridized carbons (Fsp3) is 0.188. The van der Waals surface area contributed by atoms with Crippen LogP contribution in [0.4, 0.5) is 5.69 Å². The molecule has 0 bridgehead atoms. The maximum Gasteiger partial charge on any atom is 0.259 e. The monoisotopic (exact) mass is 335 g/mol. The largest absolute Gasteiger partial charge is 0.493 e. The van der Waals surface area contributed by atoms with Crippen LogP contribution in [0.2, 0.25) is 0 Å². The molecule has 0 fully saturated rings. The molecular weight excluding hydrogens is 318 g/mol. The minimum Gasteiger partial charge on any atom is -0.493 e. The zero-order chi connectivity index (χ0) is 17.0. The van der Waals surface area contributed by atoms with Crippen LogP contribution in [0.15, 0.2) is 47.4 Å². The summed E-state index contributed by atoms with van der Waals surface area (Å²) < 4.78 is 33.5. The van der Waals surface area contributed by atoms with Gasteiger partial charge in [-0.15, -0.1) is 0 Å². The SMILES string of the molecule is COc1cccc(C(=O)Nc2cccc(S(C)(=O)=O)c2)c1OC. The Hall–Kier alpha value is -2.54. The van der Waals surface area contributed by atoms with Gasteiger partial charge in [0, 0.05) is 11.9 Å². The molecule has 2 aromatic carbocycles. The van der Waals surface area contributed by atoms with Gasteiger partial charge < -0.3 is 14.8 Å². The molecule has 0 radical (unpaired) electrons. The van der Waals surface area contributed by atoms with Crippen molar-refractivity contribution in [3.8, 4) is 11.5 Å². The highest BCUT2D eigenvalue weighted by Gasteiger charge is 2.17. The summed E-state index contributed by atoms with van der Waals surface area (Å²) in [5.74, 6) is 0.322. The number of ether oxygens (including phenoxy) is 2. The van der Waals surface area contributed by atoms with Crippen molar-refractivity contribution in [1.29, 1.82) is 0 Å². The number of sulfone groups is 1. The van der Waals surface area contributed by atoms with Crippen molar-refractivity contribution in [2.24, 2.45) is 0 Å². The molecule has 0 saturated carbocycles. The Morgan fingerprint density at radius 3 is 2.35 bits per heavy atom. The summed E-state index contributed by atoms with van der Waals surface area (Å²) in [5.41, 5.74) is 0.666. The van der Waals surface area contributed by atoms with Crippen molar-refractivity contribution in [3.05, 3.63) is 48.0 Å². The van der Waals surface area contributed by atoms with Gasteiger partial charge in [-0.2, -0.15) is 0 Å². The Morgan fingerprint density at radius 1 is 1.04 bits per heavy atom. The van der Waals surface area contributed by atoms with Gasteiger partial charge in [0.05, 0.1) is 24.7 Å². The zero-order valence-electron chi connectivity index (χ0n) is 13.0. The summed E-state index contributed by atoms with van der Waals surface area (Å²) in [5, 5.41) is 2.66. The minimum atomic E-state index is -3.35. The van der Waals surface area contributed by atoms with Gasteiger partial charge in [-0.05, 0) is 30.3 Å². The van der Waals surface area contributed by atoms with Crippen molar-refractivity contribution in [2.75, 3.05) is 25.8 Å². The van der Waals surface area contributed by atoms with E-state index in [1.54, 1.807) is 30.3 Å². The van der Waals surface area contributed by atoms with E-state index >= 15 is 0 Å². The van der Waals surface area contributed by atoms with Crippen LogP contribution in [0, 0.1) is 0 Å². The third kappa shape index (κ3) is 3.81. The summed E-state index contributed by atoms with van der Waals surface area (Å²) in [4.78, 5) is 12.6. The molecule has 0 aliphatic heterocycles. The van der Waals surface area contributed by atoms with E-state index in [1.807, 2.05) is 0 Å². The van der Waals surface area contributed by atoms with Gasteiger partial charge in [0.25, 0.3) is 5.91 Å². The first-order valence-corrected chi connectivity index (χ1v) is 8.58. The molecule has 1 N–H and O–H groups in total. The second-order valence-electron chi connectivity index (χ2n) is 4.80. The predicted octanol–water partition coefficient (Wildman–Crippen LogP) is 2.36. The number of rotatable bonds is 5. The van der Waals surface area contributed by atoms with E-state index in [4.69, 9.17) is 9.47 Å². The van der Waals surface area contributed by atoms with Crippen LogP contribution < -0.4 is 14.8 Å². The fourth-order valence-electron chi connectivity index (χ4n) is 2.07. The second kappa shape index (κ2) is 6.70. The van der Waals surface area contributed by atoms with Gasteiger partial charge in [-0.3, -0.25) is 4.79 Å². The van der Waals surface area contributed by atoms with E-state index in [2.05, 4.69) is 5.32 Å². The molecule has 0 saturated heterocycles. The molecule has 0 heterocycles. The average Bonchev–Trinajstić information content (AvgIpc) is 2.53. The summed E-state index contributed by atoms with van der Waals surface area (Å²) in [6.07, 6.45) is 1.11. The van der Waals surface area contributed by atoms with Crippen molar-refractivity contribution in [3.63, 3.8) is 0 Å². The van der Waals surface area contributed by atoms with Gasteiger partial charge >= 0.3 is 0 Å². The van der Waals surface area contributed by atoms with Crippen LogP contribution >= 0.6 is 0 Å². The van der Waals surface area contributed by atoms with Gasteiger partial charge in [-0.1, -0.05) is 12.1 Å². The predicted molar refractivity (Wildman–Crippen MR) is 87.1 cm³/mol. The van der Waals surface area contributed by atoms with Gasteiger partial charge in [-0.25, -0.2) is 8.42 Å². The van der Waals surface area contributed by atoms with E-state index < -0.39 is 15.7 Å². The first-order chi connectivity index (χ1) is 10.9. The molecule has 1 amide bonds. The molecule has 0 aromatic heterocycles. The van der Waals surface area contributed by atoms with E-state index in [1.165, 1.54) is 26.4 Å². The Kier molecular flexibility index (Phi) is 4.90. The summed E-state index contributed by atoms with van der Waals surface area (Å²) in [6.45, 7) is 0. The molecule has 23 heavy (non-hydrogen) atoms. The number of anilines is 1. The summed E-state index contributed by atoms with van der Waals surface area (Å²) in [6, 6.07) is 11.0. The van der Waals surface area contributed by atoms with Gasteiger partial charge in [0.15, 0.2) is 21.3 Å². The third-order valence-corrected chi connectivity index (χ3v) is 4.28. The highest BCUT2D eigenvalue weighted by Crippen LogP contribution is 2.31. The van der Waals surface area contributed by atoms with Crippen molar-refractivity contribution < 1.29 is 22.7 Å². The lowest BCUT2D eigenvalue weighted by Crippen LogP contribution is -2.14. The molecule has 2 aromatic rings. The second-order valence-corrected chi connectivity index (χ2v) is 6.81. The van der Waals surface area contributed by atoms with Crippen LogP contribution in [-0.4, -0.2) is 34.8 Å². The number of nitrogens with one attached hydrogen (secondary N) is 1. The lowest BCUT2D eigenvalue weighted by Gasteiger charge is -2.13. The molecule has 0 aliphatic carbocycles. The lowest BCUT2D eigenvalue weighted by molar-refractivity contribution is 0.102. The number of benzene rings is 2.